The second-order valence-electron chi connectivity index (χ2n) is 3.20. The molecule has 2 unspecified atom stereocenters. The monoisotopic (exact) mass is 342 g/mol. The molecule has 2 atom stereocenters. The van der Waals surface area contributed by atoms with Crippen LogP contribution in [0.25, 0.3) is 0 Å². The largest absolute Gasteiger partial charge is 0.421 e. The normalized spacial score (nSPS) is 15.4. The highest BCUT2D eigenvalue weighted by molar-refractivity contribution is 5.08. The second-order valence-corrected chi connectivity index (χ2v) is 3.20. The molecule has 0 radical (unpaired) electrons. The molecule has 0 saturated carbocycles. The second kappa shape index (κ2) is 6.58. The molecule has 0 spiro atoms. The van der Waals surface area contributed by atoms with Gasteiger partial charge >= 0.3 is 24.5 Å². The number of hydrogen-bond acceptors (Lipinski definition) is 1. The van der Waals surface area contributed by atoms with E-state index in [1.54, 1.807) is 0 Å². The van der Waals surface area contributed by atoms with E-state index in [2.05, 4.69) is 4.74 Å². The van der Waals surface area contributed by atoms with Crippen molar-refractivity contribution >= 4 is 0 Å². The fraction of sp³-hybridized carbons (Fsp3) is 0.500. The minimum absolute atomic E-state index is 2.75. The molecule has 0 bridgehead atoms. The molecule has 0 amide bonds. The first-order valence-electron chi connectivity index (χ1n) is 4.39. The van der Waals surface area contributed by atoms with Gasteiger partial charge in [0.25, 0.3) is 0 Å². The third-order valence-electron chi connectivity index (χ3n) is 1.69. The predicted molar refractivity (Wildman–Crippen MR) is 41.5 cm³/mol. The minimum atomic E-state index is -6.18. The Labute approximate surface area is 107 Å². The first kappa shape index (κ1) is 19.6. The molecule has 0 aromatic carbocycles. The summed E-state index contributed by atoms with van der Waals surface area (Å²) in [5.41, 5.74) is 0. The zero-order valence-electron chi connectivity index (χ0n) is 9.10. The van der Waals surface area contributed by atoms with Gasteiger partial charge in [-0.05, 0) is 0 Å². The highest BCUT2D eigenvalue weighted by atomic mass is 19.4. The smallest absolute Gasteiger partial charge is 0.341 e. The summed E-state index contributed by atoms with van der Waals surface area (Å²) in [5.74, 6) is -7.02. The van der Waals surface area contributed by atoms with E-state index in [-0.39, 0.29) is 0 Å². The van der Waals surface area contributed by atoms with Crippen molar-refractivity contribution in [3.8, 4) is 0 Å². The molecule has 0 heterocycles. The van der Waals surface area contributed by atoms with Gasteiger partial charge in [-0.1, -0.05) is 0 Å². The summed E-state index contributed by atoms with van der Waals surface area (Å²) in [4.78, 5) is 0. The predicted octanol–water partition coefficient (Wildman–Crippen LogP) is 5.02. The lowest BCUT2D eigenvalue weighted by atomic mass is 10.2. The van der Waals surface area contributed by atoms with Crippen molar-refractivity contribution < 1.29 is 57.4 Å². The van der Waals surface area contributed by atoms with E-state index in [4.69, 9.17) is 0 Å². The van der Waals surface area contributed by atoms with Crippen molar-refractivity contribution in [1.29, 1.82) is 0 Å². The van der Waals surface area contributed by atoms with Gasteiger partial charge in [-0.25, -0.2) is 8.78 Å². The first-order valence-corrected chi connectivity index (χ1v) is 4.39. The fourth-order valence-corrected chi connectivity index (χ4v) is 0.895. The van der Waals surface area contributed by atoms with Gasteiger partial charge < -0.3 is 4.74 Å². The van der Waals surface area contributed by atoms with E-state index >= 15 is 0 Å². The Morgan fingerprint density at radius 1 is 0.571 bits per heavy atom. The topological polar surface area (TPSA) is 9.23 Å². The molecule has 0 aliphatic rings. The van der Waals surface area contributed by atoms with Crippen molar-refractivity contribution in [2.24, 2.45) is 0 Å². The number of hydrogen-bond donors (Lipinski definition) is 0. The summed E-state index contributed by atoms with van der Waals surface area (Å²) in [6.07, 6.45) is -28.9. The highest BCUT2D eigenvalue weighted by Gasteiger charge is 2.54. The molecule has 0 aliphatic carbocycles. The van der Waals surface area contributed by atoms with Gasteiger partial charge in [0.2, 0.25) is 23.9 Å². The van der Waals surface area contributed by atoms with Crippen LogP contribution in [0.15, 0.2) is 23.8 Å². The number of ether oxygens (including phenoxy) is 1. The first-order chi connectivity index (χ1) is 9.19. The molecule has 13 heteroatoms. The van der Waals surface area contributed by atoms with E-state index in [0.29, 0.717) is 0 Å². The molecular formula is C8H2F12O. The van der Waals surface area contributed by atoms with Crippen LogP contribution in [0.2, 0.25) is 0 Å². The van der Waals surface area contributed by atoms with Crippen LogP contribution in [0.3, 0.4) is 0 Å². The summed E-state index contributed by atoms with van der Waals surface area (Å²) in [7, 11) is 0. The summed E-state index contributed by atoms with van der Waals surface area (Å²) in [5, 5.41) is 0. The molecule has 0 aromatic rings. The molecule has 0 aromatic heterocycles. The van der Waals surface area contributed by atoms with Crippen LogP contribution in [-0.4, -0.2) is 24.6 Å². The van der Waals surface area contributed by atoms with Crippen LogP contribution in [0.4, 0.5) is 52.7 Å². The maximum atomic E-state index is 12.5. The van der Waals surface area contributed by atoms with E-state index in [0.717, 1.165) is 0 Å². The van der Waals surface area contributed by atoms with Gasteiger partial charge in [0, 0.05) is 0 Å². The fourth-order valence-electron chi connectivity index (χ4n) is 0.895. The van der Waals surface area contributed by atoms with Crippen molar-refractivity contribution in [2.45, 2.75) is 24.6 Å². The van der Waals surface area contributed by atoms with Gasteiger partial charge in [-0.3, -0.25) is 0 Å². The number of alkyl halides is 6. The average molecular weight is 342 g/mol. The molecule has 21 heavy (non-hydrogen) atoms. The molecule has 0 saturated heterocycles. The van der Waals surface area contributed by atoms with Crippen LogP contribution in [0, 0.1) is 0 Å². The Hall–Kier alpha value is -1.40. The zero-order valence-corrected chi connectivity index (χ0v) is 9.10. The lowest BCUT2D eigenvalue weighted by Crippen LogP contribution is -2.42. The van der Waals surface area contributed by atoms with Crippen molar-refractivity contribution in [3.05, 3.63) is 23.8 Å². The van der Waals surface area contributed by atoms with Crippen molar-refractivity contribution in [1.82, 2.24) is 0 Å². The lowest BCUT2D eigenvalue weighted by Gasteiger charge is -2.25. The van der Waals surface area contributed by atoms with Crippen molar-refractivity contribution in [3.63, 3.8) is 0 Å². The lowest BCUT2D eigenvalue weighted by molar-refractivity contribution is -0.275. The summed E-state index contributed by atoms with van der Waals surface area (Å²) in [6, 6.07) is 0. The standard InChI is InChI=1S/C8H2F12O/c9-1(5(11)12)3(7(15,16)17)21-4(8(18,19)20)2(10)6(13)14/h3-4H. The third-order valence-corrected chi connectivity index (χ3v) is 1.69. The zero-order chi connectivity index (χ0) is 17.2. The van der Waals surface area contributed by atoms with Crippen LogP contribution in [-0.2, 0) is 4.74 Å². The Bertz CT molecular complexity index is 382. The van der Waals surface area contributed by atoms with E-state index < -0.39 is 48.4 Å². The third kappa shape index (κ3) is 5.47. The summed E-state index contributed by atoms with van der Waals surface area (Å²) >= 11 is 0. The van der Waals surface area contributed by atoms with E-state index in [9.17, 15) is 52.7 Å². The Morgan fingerprint density at radius 3 is 0.952 bits per heavy atom. The van der Waals surface area contributed by atoms with Crippen LogP contribution < -0.4 is 0 Å². The highest BCUT2D eigenvalue weighted by Crippen LogP contribution is 2.38. The van der Waals surface area contributed by atoms with E-state index in [1.807, 2.05) is 0 Å². The molecule has 0 rings (SSSR count). The van der Waals surface area contributed by atoms with Gasteiger partial charge in [-0.2, -0.15) is 43.9 Å². The number of halogens is 12. The average Bonchev–Trinajstić information content (AvgIpc) is 2.24. The molecule has 0 aliphatic heterocycles. The Morgan fingerprint density at radius 2 is 0.810 bits per heavy atom. The molecule has 0 N–H and O–H groups in total. The summed E-state index contributed by atoms with van der Waals surface area (Å²) in [6.45, 7) is 0. The minimum Gasteiger partial charge on any atom is -0.341 e. The quantitative estimate of drug-likeness (QED) is 0.652. The van der Waals surface area contributed by atoms with Crippen molar-refractivity contribution in [2.75, 3.05) is 0 Å². The van der Waals surface area contributed by atoms with E-state index in [1.165, 1.54) is 0 Å². The van der Waals surface area contributed by atoms with Gasteiger partial charge in [-0.15, -0.1) is 0 Å². The van der Waals surface area contributed by atoms with Gasteiger partial charge in [0.1, 0.15) is 0 Å². The Kier molecular flexibility index (Phi) is 6.14. The van der Waals surface area contributed by atoms with Crippen LogP contribution >= 0.6 is 0 Å². The number of rotatable bonds is 4. The summed E-state index contributed by atoms with van der Waals surface area (Å²) < 4.78 is 147. The van der Waals surface area contributed by atoms with Gasteiger partial charge in [0.05, 0.1) is 0 Å². The molecule has 1 nitrogen and oxygen atoms in total. The van der Waals surface area contributed by atoms with Crippen LogP contribution in [0.1, 0.15) is 0 Å². The molecule has 124 valence electrons. The maximum absolute atomic E-state index is 12.5. The Balaban J connectivity index is 5.77. The van der Waals surface area contributed by atoms with Crippen LogP contribution in [0.5, 0.6) is 0 Å². The molecular weight excluding hydrogens is 340 g/mol. The van der Waals surface area contributed by atoms with Gasteiger partial charge in [0.15, 0.2) is 0 Å². The SMILES string of the molecule is FC(F)=C(F)C(OC(C(F)=C(F)F)C(F)(F)F)C(F)(F)F. The maximum Gasteiger partial charge on any atom is 0.421 e. The molecule has 0 fully saturated rings.